The average Bonchev–Trinajstić information content (AvgIpc) is 2.19. The second-order valence-corrected chi connectivity index (χ2v) is 3.30. The van der Waals surface area contributed by atoms with Crippen molar-refractivity contribution in [1.82, 2.24) is 9.88 Å². The topological polar surface area (TPSA) is 59.2 Å². The summed E-state index contributed by atoms with van der Waals surface area (Å²) in [5.41, 5.74) is 6.36. The zero-order chi connectivity index (χ0) is 10.7. The fraction of sp³-hybridized carbons (Fsp3) is 0.333. The highest BCUT2D eigenvalue weighted by molar-refractivity contribution is 6.29. The molecule has 1 aromatic heterocycles. The standard InChI is InChI=1S/C9H12ClN3O/c1-3-13(2)9(14)6-4-8(10)12-5-7(6)11/h4-5H,3,11H2,1-2H3. The van der Waals surface area contributed by atoms with E-state index in [9.17, 15) is 4.79 Å². The second-order valence-electron chi connectivity index (χ2n) is 2.91. The Morgan fingerprint density at radius 2 is 2.36 bits per heavy atom. The molecule has 1 amide bonds. The van der Waals surface area contributed by atoms with Crippen LogP contribution in [-0.2, 0) is 0 Å². The van der Waals surface area contributed by atoms with Gasteiger partial charge >= 0.3 is 0 Å². The largest absolute Gasteiger partial charge is 0.397 e. The third-order valence-electron chi connectivity index (χ3n) is 1.95. The number of pyridine rings is 1. The lowest BCUT2D eigenvalue weighted by molar-refractivity contribution is 0.0803. The van der Waals surface area contributed by atoms with E-state index in [0.29, 0.717) is 17.8 Å². The van der Waals surface area contributed by atoms with E-state index in [1.807, 2.05) is 6.92 Å². The van der Waals surface area contributed by atoms with Crippen molar-refractivity contribution >= 4 is 23.2 Å². The molecule has 0 aliphatic carbocycles. The summed E-state index contributed by atoms with van der Waals surface area (Å²) in [6.45, 7) is 2.51. The zero-order valence-corrected chi connectivity index (χ0v) is 8.88. The summed E-state index contributed by atoms with van der Waals surface area (Å²) in [5, 5.41) is 0.270. The molecule has 0 fully saturated rings. The number of nitrogen functional groups attached to an aromatic ring is 1. The molecule has 0 unspecified atom stereocenters. The van der Waals surface area contributed by atoms with Crippen molar-refractivity contribution in [2.75, 3.05) is 19.3 Å². The van der Waals surface area contributed by atoms with Crippen LogP contribution in [0.3, 0.4) is 0 Å². The van der Waals surface area contributed by atoms with Crippen molar-refractivity contribution in [3.8, 4) is 0 Å². The molecule has 76 valence electrons. The molecular formula is C9H12ClN3O. The maximum Gasteiger partial charge on any atom is 0.255 e. The van der Waals surface area contributed by atoms with Gasteiger partial charge in [0.15, 0.2) is 0 Å². The maximum absolute atomic E-state index is 11.7. The van der Waals surface area contributed by atoms with Crippen molar-refractivity contribution in [2.24, 2.45) is 0 Å². The Morgan fingerprint density at radius 1 is 1.71 bits per heavy atom. The van der Waals surface area contributed by atoms with Crippen LogP contribution in [0.5, 0.6) is 0 Å². The molecule has 0 bridgehead atoms. The maximum atomic E-state index is 11.7. The van der Waals surface area contributed by atoms with Crippen LogP contribution in [0.25, 0.3) is 0 Å². The van der Waals surface area contributed by atoms with Gasteiger partial charge in [-0.2, -0.15) is 0 Å². The first-order valence-electron chi connectivity index (χ1n) is 4.22. The molecule has 0 aromatic carbocycles. The Balaban J connectivity index is 3.06. The van der Waals surface area contributed by atoms with Gasteiger partial charge in [0.1, 0.15) is 5.15 Å². The molecule has 2 N–H and O–H groups in total. The molecule has 0 saturated heterocycles. The van der Waals surface area contributed by atoms with Crippen LogP contribution in [0.1, 0.15) is 17.3 Å². The minimum atomic E-state index is -0.144. The van der Waals surface area contributed by atoms with Gasteiger partial charge in [-0.1, -0.05) is 11.6 Å². The molecule has 0 atom stereocenters. The van der Waals surface area contributed by atoms with Crippen LogP contribution in [0.4, 0.5) is 5.69 Å². The average molecular weight is 214 g/mol. The fourth-order valence-corrected chi connectivity index (χ4v) is 1.13. The predicted octanol–water partition coefficient (Wildman–Crippen LogP) is 1.41. The molecule has 1 heterocycles. The first-order chi connectivity index (χ1) is 6.56. The first-order valence-corrected chi connectivity index (χ1v) is 4.60. The smallest absolute Gasteiger partial charge is 0.255 e. The lowest BCUT2D eigenvalue weighted by Crippen LogP contribution is -2.27. The lowest BCUT2D eigenvalue weighted by atomic mass is 10.2. The molecule has 4 nitrogen and oxygen atoms in total. The van der Waals surface area contributed by atoms with Crippen molar-refractivity contribution in [3.05, 3.63) is 23.0 Å². The number of carbonyl (C=O) groups is 1. The highest BCUT2D eigenvalue weighted by Crippen LogP contribution is 2.16. The Bertz CT molecular complexity index is 354. The van der Waals surface area contributed by atoms with Crippen molar-refractivity contribution < 1.29 is 4.79 Å². The molecule has 0 radical (unpaired) electrons. The van der Waals surface area contributed by atoms with Gasteiger partial charge in [0.2, 0.25) is 0 Å². The number of nitrogens with zero attached hydrogens (tertiary/aromatic N) is 2. The number of carbonyl (C=O) groups excluding carboxylic acids is 1. The summed E-state index contributed by atoms with van der Waals surface area (Å²) in [5.74, 6) is -0.144. The summed E-state index contributed by atoms with van der Waals surface area (Å²) in [7, 11) is 1.70. The summed E-state index contributed by atoms with van der Waals surface area (Å²) < 4.78 is 0. The van der Waals surface area contributed by atoms with Gasteiger partial charge in [-0.3, -0.25) is 4.79 Å². The first kappa shape index (κ1) is 10.8. The van der Waals surface area contributed by atoms with Gasteiger partial charge in [0, 0.05) is 13.6 Å². The minimum absolute atomic E-state index is 0.144. The number of amides is 1. The lowest BCUT2D eigenvalue weighted by Gasteiger charge is -2.15. The monoisotopic (exact) mass is 213 g/mol. The Labute approximate surface area is 87.7 Å². The number of rotatable bonds is 2. The second kappa shape index (κ2) is 4.28. The number of halogens is 1. The van der Waals surface area contributed by atoms with Crippen LogP contribution >= 0.6 is 11.6 Å². The molecule has 14 heavy (non-hydrogen) atoms. The number of aromatic nitrogens is 1. The number of nitrogens with two attached hydrogens (primary N) is 1. The number of anilines is 1. The molecule has 5 heteroatoms. The van der Waals surface area contributed by atoms with E-state index in [0.717, 1.165) is 0 Å². The van der Waals surface area contributed by atoms with Crippen LogP contribution in [0.15, 0.2) is 12.3 Å². The number of hydrogen-bond acceptors (Lipinski definition) is 3. The van der Waals surface area contributed by atoms with E-state index in [1.54, 1.807) is 11.9 Å². The summed E-state index contributed by atoms with van der Waals surface area (Å²) >= 11 is 5.67. The molecular weight excluding hydrogens is 202 g/mol. The molecule has 0 aliphatic heterocycles. The van der Waals surface area contributed by atoms with Crippen LogP contribution in [-0.4, -0.2) is 29.4 Å². The van der Waals surface area contributed by atoms with Crippen LogP contribution in [0, 0.1) is 0 Å². The summed E-state index contributed by atoms with van der Waals surface area (Å²) in [4.78, 5) is 17.0. The van der Waals surface area contributed by atoms with Crippen molar-refractivity contribution in [2.45, 2.75) is 6.92 Å². The molecule has 0 aliphatic rings. The molecule has 1 rings (SSSR count). The highest BCUT2D eigenvalue weighted by Gasteiger charge is 2.13. The third kappa shape index (κ3) is 2.14. The summed E-state index contributed by atoms with van der Waals surface area (Å²) in [6, 6.07) is 1.48. The Kier molecular flexibility index (Phi) is 3.30. The minimum Gasteiger partial charge on any atom is -0.397 e. The van der Waals surface area contributed by atoms with Crippen LogP contribution in [0.2, 0.25) is 5.15 Å². The van der Waals surface area contributed by atoms with Gasteiger partial charge in [-0.05, 0) is 13.0 Å². The quantitative estimate of drug-likeness (QED) is 0.756. The molecule has 1 aromatic rings. The van der Waals surface area contributed by atoms with Crippen LogP contribution < -0.4 is 5.73 Å². The van der Waals surface area contributed by atoms with E-state index in [4.69, 9.17) is 17.3 Å². The van der Waals surface area contributed by atoms with Gasteiger partial charge in [-0.25, -0.2) is 4.98 Å². The highest BCUT2D eigenvalue weighted by atomic mass is 35.5. The van der Waals surface area contributed by atoms with Gasteiger partial charge < -0.3 is 10.6 Å². The van der Waals surface area contributed by atoms with E-state index in [-0.39, 0.29) is 11.1 Å². The van der Waals surface area contributed by atoms with Crippen molar-refractivity contribution in [1.29, 1.82) is 0 Å². The summed E-state index contributed by atoms with van der Waals surface area (Å²) in [6.07, 6.45) is 1.39. The molecule has 0 saturated carbocycles. The predicted molar refractivity (Wildman–Crippen MR) is 56.3 cm³/mol. The zero-order valence-electron chi connectivity index (χ0n) is 8.12. The van der Waals surface area contributed by atoms with E-state index < -0.39 is 0 Å². The van der Waals surface area contributed by atoms with E-state index in [2.05, 4.69) is 4.98 Å². The number of hydrogen-bond donors (Lipinski definition) is 1. The van der Waals surface area contributed by atoms with Crippen molar-refractivity contribution in [3.63, 3.8) is 0 Å². The SMILES string of the molecule is CCN(C)C(=O)c1cc(Cl)ncc1N. The Morgan fingerprint density at radius 3 is 2.93 bits per heavy atom. The Hall–Kier alpha value is -1.29. The fourth-order valence-electron chi connectivity index (χ4n) is 0.975. The van der Waals surface area contributed by atoms with Gasteiger partial charge in [-0.15, -0.1) is 0 Å². The third-order valence-corrected chi connectivity index (χ3v) is 2.16. The normalized spacial score (nSPS) is 9.93. The van der Waals surface area contributed by atoms with Gasteiger partial charge in [0.05, 0.1) is 17.4 Å². The van der Waals surface area contributed by atoms with Gasteiger partial charge in [0.25, 0.3) is 5.91 Å². The van der Waals surface area contributed by atoms with E-state index >= 15 is 0 Å². The molecule has 0 spiro atoms. The van der Waals surface area contributed by atoms with E-state index in [1.165, 1.54) is 12.3 Å².